The predicted molar refractivity (Wildman–Crippen MR) is 141 cm³/mol. The van der Waals surface area contributed by atoms with E-state index in [1.807, 2.05) is 47.4 Å². The quantitative estimate of drug-likeness (QED) is 0.360. The zero-order chi connectivity index (χ0) is 23.0. The third-order valence-electron chi connectivity index (χ3n) is 5.50. The maximum Gasteiger partial charge on any atom is 0.239 e. The molecule has 0 aliphatic carbocycles. The van der Waals surface area contributed by atoms with E-state index in [1.54, 1.807) is 26.0 Å². The van der Waals surface area contributed by atoms with Crippen molar-refractivity contribution in [3.05, 3.63) is 42.5 Å². The number of carbonyl (C=O) groups is 1. The fourth-order valence-electron chi connectivity index (χ4n) is 3.73. The number of anilines is 1. The van der Waals surface area contributed by atoms with Crippen LogP contribution in [0.2, 0.25) is 0 Å². The van der Waals surface area contributed by atoms with Crippen molar-refractivity contribution in [1.82, 2.24) is 9.88 Å². The van der Waals surface area contributed by atoms with Crippen LogP contribution in [0, 0.1) is 0 Å². The number of carbonyl (C=O) groups excluding carboxylic acids is 1. The highest BCUT2D eigenvalue weighted by atomic mass is 35.5. The van der Waals surface area contributed by atoms with Gasteiger partial charge in [-0.05, 0) is 30.7 Å². The molecule has 2 heterocycles. The number of fused-ring (bicyclic) bond motifs is 1. The van der Waals surface area contributed by atoms with Crippen LogP contribution in [-0.2, 0) is 9.53 Å². The first-order chi connectivity index (χ1) is 16.2. The molecule has 3 aromatic rings. The zero-order valence-electron chi connectivity index (χ0n) is 19.4. The van der Waals surface area contributed by atoms with Gasteiger partial charge in [0.25, 0.3) is 0 Å². The fourth-order valence-corrected chi connectivity index (χ4v) is 5.65. The average Bonchev–Trinajstić information content (AvgIpc) is 3.31. The summed E-state index contributed by atoms with van der Waals surface area (Å²) in [5, 5.41) is 0.674. The van der Waals surface area contributed by atoms with E-state index in [1.165, 1.54) is 11.3 Å². The smallest absolute Gasteiger partial charge is 0.239 e. The van der Waals surface area contributed by atoms with Crippen molar-refractivity contribution in [2.45, 2.75) is 11.3 Å². The minimum atomic E-state index is 0. The number of methoxy groups -OCH3 is 2. The van der Waals surface area contributed by atoms with Gasteiger partial charge in [0.05, 0.1) is 33.2 Å². The van der Waals surface area contributed by atoms with Crippen molar-refractivity contribution >= 4 is 56.8 Å². The third kappa shape index (κ3) is 6.55. The van der Waals surface area contributed by atoms with Crippen LogP contribution in [0.15, 0.2) is 47.4 Å². The summed E-state index contributed by atoms with van der Waals surface area (Å²) >= 11 is 3.01. The minimum Gasteiger partial charge on any atom is -0.495 e. The number of hydrogen-bond donors (Lipinski definition) is 0. The summed E-state index contributed by atoms with van der Waals surface area (Å²) in [6.45, 7) is 4.95. The molecule has 34 heavy (non-hydrogen) atoms. The molecule has 1 aromatic heterocycles. The number of nitrogens with zero attached hydrogens (tertiary/aromatic N) is 3. The predicted octanol–water partition coefficient (Wildman–Crippen LogP) is 4.58. The topological polar surface area (TPSA) is 64.1 Å². The van der Waals surface area contributed by atoms with Gasteiger partial charge in [-0.25, -0.2) is 4.98 Å². The average molecular weight is 524 g/mol. The fraction of sp³-hybridized carbons (Fsp3) is 0.417. The Morgan fingerprint density at radius 3 is 2.53 bits per heavy atom. The molecule has 184 valence electrons. The third-order valence-corrected chi connectivity index (χ3v) is 7.59. The molecule has 1 saturated heterocycles. The number of rotatable bonds is 10. The number of ether oxygens (including phenoxy) is 3. The molecule has 1 aliphatic rings. The lowest BCUT2D eigenvalue weighted by molar-refractivity contribution is -0.116. The van der Waals surface area contributed by atoms with Gasteiger partial charge >= 0.3 is 0 Å². The lowest BCUT2D eigenvalue weighted by atomic mass is 10.3. The van der Waals surface area contributed by atoms with Crippen molar-refractivity contribution in [3.8, 4) is 11.5 Å². The van der Waals surface area contributed by atoms with Gasteiger partial charge in [-0.15, -0.1) is 24.2 Å². The van der Waals surface area contributed by atoms with Crippen LogP contribution < -0.4 is 14.4 Å². The summed E-state index contributed by atoms with van der Waals surface area (Å²) in [5.74, 6) is 1.80. The number of amides is 1. The molecule has 0 saturated carbocycles. The molecule has 1 fully saturated rings. The second-order valence-electron chi connectivity index (χ2n) is 7.60. The molecular weight excluding hydrogens is 494 g/mol. The highest BCUT2D eigenvalue weighted by Gasteiger charge is 2.23. The zero-order valence-corrected chi connectivity index (χ0v) is 21.8. The SMILES string of the molecule is COc1ccc(OC)c2sc(N(CCCN3CCOCC3)C(=O)CSc3ccccc3)nc12.Cl. The molecule has 0 spiro atoms. The molecule has 0 unspecified atom stereocenters. The van der Waals surface area contributed by atoms with Gasteiger partial charge in [-0.2, -0.15) is 0 Å². The van der Waals surface area contributed by atoms with Gasteiger partial charge < -0.3 is 14.2 Å². The lowest BCUT2D eigenvalue weighted by Gasteiger charge is -2.27. The normalized spacial score (nSPS) is 13.9. The summed E-state index contributed by atoms with van der Waals surface area (Å²) in [6.07, 6.45) is 0.867. The van der Waals surface area contributed by atoms with E-state index in [-0.39, 0.29) is 18.3 Å². The minimum absolute atomic E-state index is 0. The van der Waals surface area contributed by atoms with Crippen LogP contribution in [0.1, 0.15) is 6.42 Å². The molecule has 10 heteroatoms. The Labute approximate surface area is 214 Å². The summed E-state index contributed by atoms with van der Waals surface area (Å²) < 4.78 is 17.4. The first-order valence-electron chi connectivity index (χ1n) is 11.0. The number of hydrogen-bond acceptors (Lipinski definition) is 8. The van der Waals surface area contributed by atoms with Crippen LogP contribution >= 0.6 is 35.5 Å². The van der Waals surface area contributed by atoms with E-state index in [0.29, 0.717) is 23.2 Å². The Hall–Kier alpha value is -2.04. The summed E-state index contributed by atoms with van der Waals surface area (Å²) in [4.78, 5) is 23.4. The standard InChI is InChI=1S/C24H29N3O4S2.ClH/c1-29-19-9-10-20(30-2)23-22(19)25-24(33-23)27(12-6-11-26-13-15-31-16-14-26)21(28)17-32-18-7-4-3-5-8-18;/h3-5,7-10H,6,11-17H2,1-2H3;1H. The van der Waals surface area contributed by atoms with Crippen LogP contribution in [0.25, 0.3) is 10.2 Å². The Morgan fingerprint density at radius 2 is 1.82 bits per heavy atom. The van der Waals surface area contributed by atoms with E-state index in [0.717, 1.165) is 60.1 Å². The Bertz CT molecular complexity index is 1020. The van der Waals surface area contributed by atoms with Crippen molar-refractivity contribution in [2.24, 2.45) is 0 Å². The lowest BCUT2D eigenvalue weighted by Crippen LogP contribution is -2.39. The van der Waals surface area contributed by atoms with Crippen LogP contribution in [0.5, 0.6) is 11.5 Å². The molecular formula is C24H30ClN3O4S2. The maximum atomic E-state index is 13.4. The second-order valence-corrected chi connectivity index (χ2v) is 9.63. The Morgan fingerprint density at radius 1 is 1.12 bits per heavy atom. The van der Waals surface area contributed by atoms with Crippen molar-refractivity contribution in [2.75, 3.05) is 64.3 Å². The van der Waals surface area contributed by atoms with Crippen LogP contribution in [-0.4, -0.2) is 75.2 Å². The molecule has 0 N–H and O–H groups in total. The highest BCUT2D eigenvalue weighted by molar-refractivity contribution is 8.00. The first-order valence-corrected chi connectivity index (χ1v) is 12.8. The van der Waals surface area contributed by atoms with Crippen molar-refractivity contribution in [1.29, 1.82) is 0 Å². The summed E-state index contributed by atoms with van der Waals surface area (Å²) in [7, 11) is 3.27. The van der Waals surface area contributed by atoms with Gasteiger partial charge in [-0.1, -0.05) is 29.5 Å². The van der Waals surface area contributed by atoms with Crippen molar-refractivity contribution < 1.29 is 19.0 Å². The Kier molecular flexibility index (Phi) is 10.3. The first kappa shape index (κ1) is 26.6. The van der Waals surface area contributed by atoms with E-state index < -0.39 is 0 Å². The number of benzene rings is 2. The van der Waals surface area contributed by atoms with Gasteiger partial charge in [0.15, 0.2) is 5.13 Å². The second kappa shape index (κ2) is 13.2. The van der Waals surface area contributed by atoms with E-state index >= 15 is 0 Å². The monoisotopic (exact) mass is 523 g/mol. The number of thiazole rings is 1. The molecule has 0 atom stereocenters. The number of aromatic nitrogens is 1. The molecule has 7 nitrogen and oxygen atoms in total. The molecule has 1 aliphatic heterocycles. The van der Waals surface area contributed by atoms with Gasteiger partial charge in [-0.3, -0.25) is 14.6 Å². The van der Waals surface area contributed by atoms with Crippen LogP contribution in [0.4, 0.5) is 5.13 Å². The maximum absolute atomic E-state index is 13.4. The van der Waals surface area contributed by atoms with Gasteiger partial charge in [0, 0.05) is 31.1 Å². The highest BCUT2D eigenvalue weighted by Crippen LogP contribution is 2.40. The Balaban J connectivity index is 0.00000324. The summed E-state index contributed by atoms with van der Waals surface area (Å²) in [6, 6.07) is 13.7. The van der Waals surface area contributed by atoms with E-state index in [4.69, 9.17) is 19.2 Å². The van der Waals surface area contributed by atoms with Crippen LogP contribution in [0.3, 0.4) is 0 Å². The number of morpholine rings is 1. The van der Waals surface area contributed by atoms with E-state index in [2.05, 4.69) is 4.90 Å². The number of thioether (sulfide) groups is 1. The number of halogens is 1. The largest absolute Gasteiger partial charge is 0.495 e. The molecule has 2 aromatic carbocycles. The molecule has 0 bridgehead atoms. The summed E-state index contributed by atoms with van der Waals surface area (Å²) in [5.41, 5.74) is 0.721. The molecule has 1 amide bonds. The van der Waals surface area contributed by atoms with Gasteiger partial charge in [0.2, 0.25) is 5.91 Å². The van der Waals surface area contributed by atoms with E-state index in [9.17, 15) is 4.79 Å². The molecule has 0 radical (unpaired) electrons. The van der Waals surface area contributed by atoms with Gasteiger partial charge in [0.1, 0.15) is 21.7 Å². The van der Waals surface area contributed by atoms with Crippen molar-refractivity contribution in [3.63, 3.8) is 0 Å². The molecule has 4 rings (SSSR count).